The quantitative estimate of drug-likeness (QED) is 0.906. The second kappa shape index (κ2) is 7.41. The summed E-state index contributed by atoms with van der Waals surface area (Å²) in [6, 6.07) is 9.10. The maximum atomic E-state index is 6.01. The van der Waals surface area contributed by atoms with E-state index in [1.54, 1.807) is 0 Å². The number of hydrogen-bond donors (Lipinski definition) is 1. The molecule has 2 rings (SSSR count). The Kier molecular flexibility index (Phi) is 5.85. The van der Waals surface area contributed by atoms with Crippen molar-refractivity contribution in [2.24, 2.45) is 5.73 Å². The zero-order valence-corrected chi connectivity index (χ0v) is 13.3. The van der Waals surface area contributed by atoms with Crippen LogP contribution in [0.25, 0.3) is 0 Å². The highest BCUT2D eigenvalue weighted by molar-refractivity contribution is 6.30. The second-order valence-corrected chi connectivity index (χ2v) is 6.07. The number of rotatable bonds is 5. The van der Waals surface area contributed by atoms with Gasteiger partial charge in [-0.1, -0.05) is 30.7 Å². The number of nitrogens with two attached hydrogens (primary N) is 1. The maximum absolute atomic E-state index is 6.01. The van der Waals surface area contributed by atoms with Crippen LogP contribution in [0.15, 0.2) is 24.3 Å². The van der Waals surface area contributed by atoms with Crippen molar-refractivity contribution in [3.05, 3.63) is 34.9 Å². The molecule has 0 aliphatic carbocycles. The standard InChI is InChI=1S/C16H26ClN3/c1-3-13(2)19-8-10-20(11-9-19)16(12-18)14-4-6-15(17)7-5-14/h4-7,13,16H,3,8-12,18H2,1-2H3. The highest BCUT2D eigenvalue weighted by atomic mass is 35.5. The average molecular weight is 296 g/mol. The van der Waals surface area contributed by atoms with Crippen LogP contribution >= 0.6 is 11.6 Å². The number of hydrogen-bond acceptors (Lipinski definition) is 3. The predicted molar refractivity (Wildman–Crippen MR) is 86.1 cm³/mol. The normalized spacial score (nSPS) is 20.8. The van der Waals surface area contributed by atoms with E-state index in [1.165, 1.54) is 12.0 Å². The Morgan fingerprint density at radius 3 is 2.15 bits per heavy atom. The summed E-state index contributed by atoms with van der Waals surface area (Å²) in [7, 11) is 0. The fraction of sp³-hybridized carbons (Fsp3) is 0.625. The van der Waals surface area contributed by atoms with Crippen LogP contribution < -0.4 is 5.73 Å². The lowest BCUT2D eigenvalue weighted by Crippen LogP contribution is -2.51. The van der Waals surface area contributed by atoms with Crippen molar-refractivity contribution < 1.29 is 0 Å². The molecule has 2 atom stereocenters. The van der Waals surface area contributed by atoms with E-state index in [-0.39, 0.29) is 0 Å². The van der Waals surface area contributed by atoms with Gasteiger partial charge < -0.3 is 5.73 Å². The molecule has 2 N–H and O–H groups in total. The summed E-state index contributed by atoms with van der Waals surface area (Å²) in [5.41, 5.74) is 7.28. The highest BCUT2D eigenvalue weighted by Gasteiger charge is 2.25. The van der Waals surface area contributed by atoms with Gasteiger partial charge in [0.1, 0.15) is 0 Å². The molecule has 1 aromatic rings. The van der Waals surface area contributed by atoms with Crippen LogP contribution in [0.5, 0.6) is 0 Å². The minimum absolute atomic E-state index is 0.311. The van der Waals surface area contributed by atoms with Crippen LogP contribution in [0.4, 0.5) is 0 Å². The number of halogens is 1. The van der Waals surface area contributed by atoms with E-state index in [1.807, 2.05) is 12.1 Å². The molecular weight excluding hydrogens is 270 g/mol. The maximum Gasteiger partial charge on any atom is 0.0471 e. The van der Waals surface area contributed by atoms with Gasteiger partial charge in [0.05, 0.1) is 0 Å². The van der Waals surface area contributed by atoms with Crippen molar-refractivity contribution >= 4 is 11.6 Å². The SMILES string of the molecule is CCC(C)N1CCN(C(CN)c2ccc(Cl)cc2)CC1. The molecule has 2 unspecified atom stereocenters. The van der Waals surface area contributed by atoms with Gasteiger partial charge in [0.15, 0.2) is 0 Å². The van der Waals surface area contributed by atoms with E-state index >= 15 is 0 Å². The van der Waals surface area contributed by atoms with Crippen molar-refractivity contribution in [3.8, 4) is 0 Å². The van der Waals surface area contributed by atoms with Crippen molar-refractivity contribution in [2.75, 3.05) is 32.7 Å². The van der Waals surface area contributed by atoms with Gasteiger partial charge in [0.2, 0.25) is 0 Å². The third kappa shape index (κ3) is 3.73. The third-order valence-corrected chi connectivity index (χ3v) is 4.73. The zero-order valence-electron chi connectivity index (χ0n) is 12.6. The molecule has 1 fully saturated rings. The van der Waals surface area contributed by atoms with Crippen molar-refractivity contribution in [1.29, 1.82) is 0 Å². The zero-order chi connectivity index (χ0) is 14.5. The molecule has 1 heterocycles. The summed E-state index contributed by atoms with van der Waals surface area (Å²) in [5, 5.41) is 0.783. The largest absolute Gasteiger partial charge is 0.329 e. The molecular formula is C16H26ClN3. The topological polar surface area (TPSA) is 32.5 Å². The minimum atomic E-state index is 0.311. The molecule has 0 bridgehead atoms. The van der Waals surface area contributed by atoms with E-state index in [0.717, 1.165) is 31.2 Å². The Bertz CT molecular complexity index is 399. The minimum Gasteiger partial charge on any atom is -0.329 e. The first-order valence-electron chi connectivity index (χ1n) is 7.59. The van der Waals surface area contributed by atoms with E-state index in [9.17, 15) is 0 Å². The van der Waals surface area contributed by atoms with E-state index in [0.29, 0.717) is 18.6 Å². The van der Waals surface area contributed by atoms with Gasteiger partial charge in [-0.3, -0.25) is 9.80 Å². The van der Waals surface area contributed by atoms with Gasteiger partial charge in [-0.15, -0.1) is 0 Å². The number of benzene rings is 1. The lowest BCUT2D eigenvalue weighted by Gasteiger charge is -2.41. The Labute approximate surface area is 127 Å². The Hall–Kier alpha value is -0.610. The summed E-state index contributed by atoms with van der Waals surface area (Å²) < 4.78 is 0. The summed E-state index contributed by atoms with van der Waals surface area (Å²) >= 11 is 5.96. The average Bonchev–Trinajstić information content (AvgIpc) is 2.50. The van der Waals surface area contributed by atoms with Gasteiger partial charge in [0.25, 0.3) is 0 Å². The molecule has 1 aliphatic heterocycles. The van der Waals surface area contributed by atoms with Crippen molar-refractivity contribution in [3.63, 3.8) is 0 Å². The van der Waals surface area contributed by atoms with Gasteiger partial charge in [0, 0.05) is 49.8 Å². The number of piperazine rings is 1. The first-order valence-corrected chi connectivity index (χ1v) is 7.97. The van der Waals surface area contributed by atoms with Gasteiger partial charge in [-0.05, 0) is 31.0 Å². The van der Waals surface area contributed by atoms with E-state index in [4.69, 9.17) is 17.3 Å². The Morgan fingerprint density at radius 1 is 1.10 bits per heavy atom. The molecule has 4 heteroatoms. The Morgan fingerprint density at radius 2 is 1.65 bits per heavy atom. The third-order valence-electron chi connectivity index (χ3n) is 4.48. The fourth-order valence-corrected chi connectivity index (χ4v) is 3.05. The Balaban J connectivity index is 1.98. The summed E-state index contributed by atoms with van der Waals surface area (Å²) in [4.78, 5) is 5.08. The molecule has 3 nitrogen and oxygen atoms in total. The molecule has 1 aliphatic rings. The lowest BCUT2D eigenvalue weighted by molar-refractivity contribution is 0.0743. The van der Waals surface area contributed by atoms with Crippen LogP contribution in [0.3, 0.4) is 0 Å². The van der Waals surface area contributed by atoms with Gasteiger partial charge in [-0.2, -0.15) is 0 Å². The van der Waals surface area contributed by atoms with Crippen LogP contribution in [0.1, 0.15) is 31.9 Å². The fourth-order valence-electron chi connectivity index (χ4n) is 2.93. The molecule has 0 radical (unpaired) electrons. The van der Waals surface area contributed by atoms with Crippen molar-refractivity contribution in [1.82, 2.24) is 9.80 Å². The van der Waals surface area contributed by atoms with Gasteiger partial charge >= 0.3 is 0 Å². The molecule has 1 aromatic carbocycles. The molecule has 20 heavy (non-hydrogen) atoms. The predicted octanol–water partition coefficient (Wildman–Crippen LogP) is 2.76. The molecule has 112 valence electrons. The molecule has 0 saturated carbocycles. The monoisotopic (exact) mass is 295 g/mol. The summed E-state index contributed by atoms with van der Waals surface area (Å²) in [6.07, 6.45) is 1.22. The van der Waals surface area contributed by atoms with Crippen LogP contribution in [0.2, 0.25) is 5.02 Å². The number of nitrogens with zero attached hydrogens (tertiary/aromatic N) is 2. The van der Waals surface area contributed by atoms with E-state index < -0.39 is 0 Å². The summed E-state index contributed by atoms with van der Waals surface area (Å²) in [6.45, 7) is 9.69. The molecule has 1 saturated heterocycles. The second-order valence-electron chi connectivity index (χ2n) is 5.63. The van der Waals surface area contributed by atoms with Crippen LogP contribution in [-0.2, 0) is 0 Å². The van der Waals surface area contributed by atoms with Crippen molar-refractivity contribution in [2.45, 2.75) is 32.4 Å². The van der Waals surface area contributed by atoms with Gasteiger partial charge in [-0.25, -0.2) is 0 Å². The lowest BCUT2D eigenvalue weighted by atomic mass is 10.0. The highest BCUT2D eigenvalue weighted by Crippen LogP contribution is 2.23. The molecule has 0 spiro atoms. The molecule has 0 amide bonds. The van der Waals surface area contributed by atoms with Crippen LogP contribution in [0, 0.1) is 0 Å². The van der Waals surface area contributed by atoms with Crippen LogP contribution in [-0.4, -0.2) is 48.6 Å². The molecule has 0 aromatic heterocycles. The summed E-state index contributed by atoms with van der Waals surface area (Å²) in [5.74, 6) is 0. The first kappa shape index (κ1) is 15.8. The smallest absolute Gasteiger partial charge is 0.0471 e. The van der Waals surface area contributed by atoms with E-state index in [2.05, 4.69) is 35.8 Å². The first-order chi connectivity index (χ1) is 9.65.